The third kappa shape index (κ3) is 2.90. The molecule has 0 aliphatic carbocycles. The average Bonchev–Trinajstić information content (AvgIpc) is 2.58. The number of hydrogen-bond donors (Lipinski definition) is 1. The van der Waals surface area contributed by atoms with Crippen LogP contribution in [0.15, 0.2) is 29.1 Å². The van der Waals surface area contributed by atoms with Gasteiger partial charge in [-0.1, -0.05) is 37.6 Å². The van der Waals surface area contributed by atoms with Gasteiger partial charge in [0.15, 0.2) is 0 Å². The van der Waals surface area contributed by atoms with E-state index in [1.165, 1.54) is 0 Å². The fraction of sp³-hybridized carbons (Fsp3) is 0.400. The lowest BCUT2D eigenvalue weighted by molar-refractivity contribution is 0.500. The predicted octanol–water partition coefficient (Wildman–Crippen LogP) is 2.67. The van der Waals surface area contributed by atoms with Gasteiger partial charge in [0.2, 0.25) is 0 Å². The fourth-order valence-corrected chi connectivity index (χ4v) is 2.41. The van der Waals surface area contributed by atoms with Crippen molar-refractivity contribution in [1.82, 2.24) is 9.36 Å². The zero-order chi connectivity index (χ0) is 14.9. The molecule has 0 unspecified atom stereocenters. The second kappa shape index (κ2) is 5.75. The van der Waals surface area contributed by atoms with E-state index >= 15 is 0 Å². The van der Waals surface area contributed by atoms with Crippen molar-refractivity contribution < 1.29 is 0 Å². The Balaban J connectivity index is 2.37. The molecule has 2 rings (SSSR count). The van der Waals surface area contributed by atoms with E-state index in [4.69, 9.17) is 17.3 Å². The molecule has 108 valence electrons. The lowest BCUT2D eigenvalue weighted by Crippen LogP contribution is -2.23. The van der Waals surface area contributed by atoms with E-state index in [1.807, 2.05) is 36.0 Å². The van der Waals surface area contributed by atoms with Gasteiger partial charge in [-0.2, -0.15) is 0 Å². The minimum Gasteiger partial charge on any atom is -0.393 e. The Bertz CT molecular complexity index is 653. The number of nitrogens with two attached hydrogens (primary N) is 1. The molecule has 0 fully saturated rings. The molecule has 0 radical (unpaired) electrons. The van der Waals surface area contributed by atoms with Crippen molar-refractivity contribution in [3.8, 4) is 0 Å². The van der Waals surface area contributed by atoms with Crippen LogP contribution in [0.25, 0.3) is 0 Å². The van der Waals surface area contributed by atoms with Crippen LogP contribution in [-0.2, 0) is 20.0 Å². The third-order valence-electron chi connectivity index (χ3n) is 3.38. The highest BCUT2D eigenvalue weighted by Crippen LogP contribution is 2.15. The summed E-state index contributed by atoms with van der Waals surface area (Å²) in [6.45, 7) is 4.72. The number of hydrogen-bond acceptors (Lipinski definition) is 2. The summed E-state index contributed by atoms with van der Waals surface area (Å²) in [6, 6.07) is 7.48. The summed E-state index contributed by atoms with van der Waals surface area (Å²) < 4.78 is 3.53. The Hall–Kier alpha value is -1.68. The molecule has 2 N–H and O–H groups in total. The van der Waals surface area contributed by atoms with E-state index in [2.05, 4.69) is 13.8 Å². The van der Waals surface area contributed by atoms with Crippen molar-refractivity contribution in [3.05, 3.63) is 50.9 Å². The summed E-state index contributed by atoms with van der Waals surface area (Å²) >= 11 is 5.87. The molecule has 0 aliphatic rings. The van der Waals surface area contributed by atoms with Gasteiger partial charge in [0.05, 0.1) is 12.2 Å². The summed E-state index contributed by atoms with van der Waals surface area (Å²) in [6.07, 6.45) is 0.797. The Labute approximate surface area is 123 Å². The number of anilines is 1. The van der Waals surface area contributed by atoms with Gasteiger partial charge in [-0.05, 0) is 30.0 Å². The van der Waals surface area contributed by atoms with Crippen molar-refractivity contribution in [2.24, 2.45) is 13.0 Å². The molecule has 2 aromatic rings. The van der Waals surface area contributed by atoms with Gasteiger partial charge in [0.1, 0.15) is 5.69 Å². The summed E-state index contributed by atoms with van der Waals surface area (Å²) in [5.41, 5.74) is 8.11. The molecule has 0 aliphatic heterocycles. The maximum absolute atomic E-state index is 12.3. The van der Waals surface area contributed by atoms with Gasteiger partial charge in [0.25, 0.3) is 5.56 Å². The summed E-state index contributed by atoms with van der Waals surface area (Å²) in [5, 5.41) is 0.688. The normalized spacial score (nSPS) is 11.2. The van der Waals surface area contributed by atoms with Crippen molar-refractivity contribution >= 4 is 17.3 Å². The topological polar surface area (TPSA) is 53.0 Å². The number of nitrogens with zero attached hydrogens (tertiary/aromatic N) is 2. The minimum atomic E-state index is -0.127. The van der Waals surface area contributed by atoms with Gasteiger partial charge in [-0.25, -0.2) is 4.68 Å². The molecule has 0 saturated heterocycles. The second-order valence-corrected chi connectivity index (χ2v) is 5.91. The van der Waals surface area contributed by atoms with Gasteiger partial charge < -0.3 is 5.73 Å². The van der Waals surface area contributed by atoms with Crippen LogP contribution in [0.4, 0.5) is 5.69 Å². The molecule has 20 heavy (non-hydrogen) atoms. The van der Waals surface area contributed by atoms with Crippen LogP contribution in [0, 0.1) is 5.92 Å². The highest BCUT2D eigenvalue weighted by molar-refractivity contribution is 6.30. The van der Waals surface area contributed by atoms with E-state index in [0.717, 1.165) is 17.7 Å². The molecular formula is C15H20ClN3O. The molecule has 4 nitrogen and oxygen atoms in total. The third-order valence-corrected chi connectivity index (χ3v) is 3.63. The molecule has 0 bridgehead atoms. The number of halogens is 1. The molecule has 1 aromatic carbocycles. The molecule has 0 spiro atoms. The van der Waals surface area contributed by atoms with Crippen LogP contribution in [0.1, 0.15) is 25.1 Å². The maximum Gasteiger partial charge on any atom is 0.290 e. The first-order valence-corrected chi connectivity index (χ1v) is 7.06. The van der Waals surface area contributed by atoms with Crippen molar-refractivity contribution in [2.75, 3.05) is 5.73 Å². The first-order valence-electron chi connectivity index (χ1n) is 6.68. The van der Waals surface area contributed by atoms with Gasteiger partial charge in [0, 0.05) is 12.1 Å². The number of benzene rings is 1. The Morgan fingerprint density at radius 3 is 2.40 bits per heavy atom. The SMILES string of the molecule is CC(C)Cc1c(N)c(=O)n(Cc2ccc(Cl)cc2)n1C. The number of nitrogen functional groups attached to an aromatic ring is 1. The van der Waals surface area contributed by atoms with Crippen LogP contribution in [0.5, 0.6) is 0 Å². The van der Waals surface area contributed by atoms with E-state index in [0.29, 0.717) is 23.2 Å². The Morgan fingerprint density at radius 1 is 1.25 bits per heavy atom. The molecule has 5 heteroatoms. The number of aromatic nitrogens is 2. The van der Waals surface area contributed by atoms with Crippen LogP contribution in [0.2, 0.25) is 5.02 Å². The monoisotopic (exact) mass is 293 g/mol. The second-order valence-electron chi connectivity index (χ2n) is 5.47. The zero-order valence-electron chi connectivity index (χ0n) is 12.1. The Kier molecular flexibility index (Phi) is 4.23. The van der Waals surface area contributed by atoms with Crippen molar-refractivity contribution in [1.29, 1.82) is 0 Å². The first-order chi connectivity index (χ1) is 9.40. The predicted molar refractivity (Wildman–Crippen MR) is 83.2 cm³/mol. The number of rotatable bonds is 4. The lowest BCUT2D eigenvalue weighted by Gasteiger charge is -2.11. The van der Waals surface area contributed by atoms with Gasteiger partial charge in [-0.3, -0.25) is 9.48 Å². The Morgan fingerprint density at radius 2 is 1.85 bits per heavy atom. The lowest BCUT2D eigenvalue weighted by atomic mass is 10.1. The van der Waals surface area contributed by atoms with Crippen LogP contribution in [-0.4, -0.2) is 9.36 Å². The van der Waals surface area contributed by atoms with E-state index in [1.54, 1.807) is 4.68 Å². The zero-order valence-corrected chi connectivity index (χ0v) is 12.8. The summed E-state index contributed by atoms with van der Waals surface area (Å²) in [7, 11) is 1.88. The molecule has 0 saturated carbocycles. The largest absolute Gasteiger partial charge is 0.393 e. The van der Waals surface area contributed by atoms with E-state index in [-0.39, 0.29) is 5.56 Å². The molecule has 0 atom stereocenters. The van der Waals surface area contributed by atoms with E-state index < -0.39 is 0 Å². The standard InChI is InChI=1S/C15H20ClN3O/c1-10(2)8-13-14(17)15(20)19(18(13)3)9-11-4-6-12(16)7-5-11/h4-7,10H,8-9,17H2,1-3H3. The van der Waals surface area contributed by atoms with Crippen LogP contribution >= 0.6 is 11.6 Å². The quantitative estimate of drug-likeness (QED) is 0.942. The maximum atomic E-state index is 12.3. The fourth-order valence-electron chi connectivity index (χ4n) is 2.29. The van der Waals surface area contributed by atoms with Crippen molar-refractivity contribution in [3.63, 3.8) is 0 Å². The van der Waals surface area contributed by atoms with Crippen molar-refractivity contribution in [2.45, 2.75) is 26.8 Å². The van der Waals surface area contributed by atoms with Crippen LogP contribution < -0.4 is 11.3 Å². The molecular weight excluding hydrogens is 274 g/mol. The average molecular weight is 294 g/mol. The highest BCUT2D eigenvalue weighted by Gasteiger charge is 2.16. The van der Waals surface area contributed by atoms with Gasteiger partial charge >= 0.3 is 0 Å². The molecule has 1 aromatic heterocycles. The first kappa shape index (κ1) is 14.7. The summed E-state index contributed by atoms with van der Waals surface area (Å²) in [5.74, 6) is 0.453. The molecule has 0 amide bonds. The summed E-state index contributed by atoms with van der Waals surface area (Å²) in [4.78, 5) is 12.3. The van der Waals surface area contributed by atoms with Crippen LogP contribution in [0.3, 0.4) is 0 Å². The minimum absolute atomic E-state index is 0.127. The highest BCUT2D eigenvalue weighted by atomic mass is 35.5. The smallest absolute Gasteiger partial charge is 0.290 e. The molecule has 1 heterocycles. The van der Waals surface area contributed by atoms with E-state index in [9.17, 15) is 4.79 Å². The van der Waals surface area contributed by atoms with Gasteiger partial charge in [-0.15, -0.1) is 0 Å².